The molecule has 2 aromatic heterocycles. The number of thiazole rings is 1. The standard InChI is InChI=1S/C19H19N3OS/c1-13-3-4-16(11-14(13)2)21-18(23)6-5-17-12-24-19(22-17)15-7-9-20-10-8-15/h3-4,7-12H,5-6H2,1-2H3,(H,21,23). The maximum absolute atomic E-state index is 12.1. The molecule has 0 saturated heterocycles. The van der Waals surface area contributed by atoms with Crippen LogP contribution in [0.5, 0.6) is 0 Å². The van der Waals surface area contributed by atoms with E-state index in [9.17, 15) is 4.79 Å². The van der Waals surface area contributed by atoms with Gasteiger partial charge in [-0.1, -0.05) is 6.07 Å². The van der Waals surface area contributed by atoms with Crippen molar-refractivity contribution in [2.24, 2.45) is 0 Å². The average molecular weight is 337 g/mol. The Kier molecular flexibility index (Phi) is 5.01. The van der Waals surface area contributed by atoms with Crippen LogP contribution in [-0.2, 0) is 11.2 Å². The molecule has 1 amide bonds. The normalized spacial score (nSPS) is 10.6. The van der Waals surface area contributed by atoms with Gasteiger partial charge in [0.1, 0.15) is 5.01 Å². The molecule has 0 aliphatic heterocycles. The first-order valence-electron chi connectivity index (χ1n) is 7.84. The van der Waals surface area contributed by atoms with Crippen molar-refractivity contribution >= 4 is 22.9 Å². The third-order valence-corrected chi connectivity index (χ3v) is 4.82. The quantitative estimate of drug-likeness (QED) is 0.751. The molecule has 0 fully saturated rings. The van der Waals surface area contributed by atoms with Gasteiger partial charge >= 0.3 is 0 Å². The second-order valence-electron chi connectivity index (χ2n) is 5.73. The predicted octanol–water partition coefficient (Wildman–Crippen LogP) is 4.39. The number of hydrogen-bond donors (Lipinski definition) is 1. The van der Waals surface area contributed by atoms with Crippen LogP contribution in [0, 0.1) is 13.8 Å². The van der Waals surface area contributed by atoms with Crippen LogP contribution in [0.25, 0.3) is 10.6 Å². The zero-order valence-corrected chi connectivity index (χ0v) is 14.6. The summed E-state index contributed by atoms with van der Waals surface area (Å²) in [4.78, 5) is 20.7. The van der Waals surface area contributed by atoms with Crippen molar-refractivity contribution in [2.75, 3.05) is 5.32 Å². The van der Waals surface area contributed by atoms with E-state index in [2.05, 4.69) is 22.2 Å². The summed E-state index contributed by atoms with van der Waals surface area (Å²) in [7, 11) is 0. The molecule has 0 radical (unpaired) electrons. The van der Waals surface area contributed by atoms with Crippen LogP contribution in [0.1, 0.15) is 23.2 Å². The Bertz CT molecular complexity index is 843. The number of carbonyl (C=O) groups is 1. The van der Waals surface area contributed by atoms with E-state index in [4.69, 9.17) is 0 Å². The first kappa shape index (κ1) is 16.3. The van der Waals surface area contributed by atoms with Crippen LogP contribution >= 0.6 is 11.3 Å². The lowest BCUT2D eigenvalue weighted by Gasteiger charge is -2.07. The highest BCUT2D eigenvalue weighted by atomic mass is 32.1. The molecule has 1 N–H and O–H groups in total. The maximum atomic E-state index is 12.1. The summed E-state index contributed by atoms with van der Waals surface area (Å²) < 4.78 is 0. The molecule has 1 aromatic carbocycles. The van der Waals surface area contributed by atoms with Crippen molar-refractivity contribution < 1.29 is 4.79 Å². The van der Waals surface area contributed by atoms with Crippen molar-refractivity contribution in [3.63, 3.8) is 0 Å². The second-order valence-corrected chi connectivity index (χ2v) is 6.59. The second kappa shape index (κ2) is 7.36. The molecule has 5 heteroatoms. The van der Waals surface area contributed by atoms with Gasteiger partial charge in [0.15, 0.2) is 0 Å². The number of benzene rings is 1. The lowest BCUT2D eigenvalue weighted by Crippen LogP contribution is -2.12. The van der Waals surface area contributed by atoms with E-state index >= 15 is 0 Å². The summed E-state index contributed by atoms with van der Waals surface area (Å²) in [5.41, 5.74) is 5.25. The highest BCUT2D eigenvalue weighted by Gasteiger charge is 2.08. The smallest absolute Gasteiger partial charge is 0.224 e. The molecule has 4 nitrogen and oxygen atoms in total. The number of nitrogens with zero attached hydrogens (tertiary/aromatic N) is 2. The minimum atomic E-state index is 0.0108. The highest BCUT2D eigenvalue weighted by molar-refractivity contribution is 7.13. The first-order chi connectivity index (χ1) is 11.6. The topological polar surface area (TPSA) is 54.9 Å². The third kappa shape index (κ3) is 4.06. The molecule has 3 aromatic rings. The number of aromatic nitrogens is 2. The summed E-state index contributed by atoms with van der Waals surface area (Å²) in [5, 5.41) is 5.92. The SMILES string of the molecule is Cc1ccc(NC(=O)CCc2csc(-c3ccncc3)n2)cc1C. The molecule has 0 atom stereocenters. The van der Waals surface area contributed by atoms with Gasteiger partial charge in [0.05, 0.1) is 5.69 Å². The lowest BCUT2D eigenvalue weighted by molar-refractivity contribution is -0.116. The van der Waals surface area contributed by atoms with Crippen LogP contribution in [0.4, 0.5) is 5.69 Å². The molecule has 0 spiro atoms. The molecular formula is C19H19N3OS. The molecule has 2 heterocycles. The first-order valence-corrected chi connectivity index (χ1v) is 8.72. The Morgan fingerprint density at radius 3 is 2.67 bits per heavy atom. The van der Waals surface area contributed by atoms with Crippen molar-refractivity contribution in [1.29, 1.82) is 0 Å². The van der Waals surface area contributed by atoms with Crippen molar-refractivity contribution in [3.05, 3.63) is 64.9 Å². The number of nitrogens with one attached hydrogen (secondary N) is 1. The Hall–Kier alpha value is -2.53. The number of hydrogen-bond acceptors (Lipinski definition) is 4. The molecule has 0 aliphatic carbocycles. The van der Waals surface area contributed by atoms with E-state index in [1.165, 1.54) is 11.1 Å². The fourth-order valence-electron chi connectivity index (χ4n) is 2.33. The zero-order valence-electron chi connectivity index (χ0n) is 13.7. The minimum absolute atomic E-state index is 0.0108. The fourth-order valence-corrected chi connectivity index (χ4v) is 3.19. The summed E-state index contributed by atoms with van der Waals surface area (Å²) in [5.74, 6) is 0.0108. The van der Waals surface area contributed by atoms with Crippen LogP contribution in [-0.4, -0.2) is 15.9 Å². The fraction of sp³-hybridized carbons (Fsp3) is 0.211. The van der Waals surface area contributed by atoms with Gasteiger partial charge in [0.25, 0.3) is 0 Å². The van der Waals surface area contributed by atoms with E-state index in [-0.39, 0.29) is 5.91 Å². The van der Waals surface area contributed by atoms with Crippen LogP contribution in [0.2, 0.25) is 0 Å². The van der Waals surface area contributed by atoms with E-state index in [0.717, 1.165) is 22.0 Å². The molecule has 0 bridgehead atoms. The van der Waals surface area contributed by atoms with E-state index in [0.29, 0.717) is 12.8 Å². The van der Waals surface area contributed by atoms with Crippen LogP contribution in [0.3, 0.4) is 0 Å². The number of pyridine rings is 1. The summed E-state index contributed by atoms with van der Waals surface area (Å²) >= 11 is 1.59. The molecule has 0 saturated carbocycles. The largest absolute Gasteiger partial charge is 0.326 e. The van der Waals surface area contributed by atoms with Crippen molar-refractivity contribution in [2.45, 2.75) is 26.7 Å². The number of rotatable bonds is 5. The van der Waals surface area contributed by atoms with Gasteiger partial charge in [-0.15, -0.1) is 11.3 Å². The molecular weight excluding hydrogens is 318 g/mol. The Labute approximate surface area is 145 Å². The van der Waals surface area contributed by atoms with Crippen molar-refractivity contribution in [3.8, 4) is 10.6 Å². The molecule has 0 unspecified atom stereocenters. The Morgan fingerprint density at radius 1 is 1.12 bits per heavy atom. The number of aryl methyl sites for hydroxylation is 3. The zero-order chi connectivity index (χ0) is 16.9. The summed E-state index contributed by atoms with van der Waals surface area (Å²) in [6.45, 7) is 4.10. The third-order valence-electron chi connectivity index (χ3n) is 3.88. The van der Waals surface area contributed by atoms with Crippen LogP contribution < -0.4 is 5.32 Å². The van der Waals surface area contributed by atoms with E-state index < -0.39 is 0 Å². The summed E-state index contributed by atoms with van der Waals surface area (Å²) in [6, 6.07) is 9.83. The number of carbonyl (C=O) groups excluding carboxylic acids is 1. The van der Waals surface area contributed by atoms with Gasteiger partial charge in [0.2, 0.25) is 5.91 Å². The van der Waals surface area contributed by atoms with Gasteiger partial charge in [-0.2, -0.15) is 0 Å². The number of anilines is 1. The molecule has 0 aliphatic rings. The maximum Gasteiger partial charge on any atom is 0.224 e. The van der Waals surface area contributed by atoms with Crippen molar-refractivity contribution in [1.82, 2.24) is 9.97 Å². The van der Waals surface area contributed by atoms with E-state index in [1.54, 1.807) is 23.7 Å². The van der Waals surface area contributed by atoms with Crippen LogP contribution in [0.15, 0.2) is 48.1 Å². The molecule has 122 valence electrons. The Morgan fingerprint density at radius 2 is 1.92 bits per heavy atom. The van der Waals surface area contributed by atoms with Gasteiger partial charge in [-0.25, -0.2) is 4.98 Å². The Balaban J connectivity index is 1.56. The van der Waals surface area contributed by atoms with Gasteiger partial charge < -0.3 is 5.32 Å². The molecule has 24 heavy (non-hydrogen) atoms. The van der Waals surface area contributed by atoms with Gasteiger partial charge in [0, 0.05) is 35.4 Å². The minimum Gasteiger partial charge on any atom is -0.326 e. The number of amides is 1. The lowest BCUT2D eigenvalue weighted by atomic mass is 10.1. The monoisotopic (exact) mass is 337 g/mol. The van der Waals surface area contributed by atoms with Gasteiger partial charge in [-0.05, 0) is 55.7 Å². The summed E-state index contributed by atoms with van der Waals surface area (Å²) in [6.07, 6.45) is 4.57. The average Bonchev–Trinajstić information content (AvgIpc) is 3.06. The highest BCUT2D eigenvalue weighted by Crippen LogP contribution is 2.23. The predicted molar refractivity (Wildman–Crippen MR) is 98.2 cm³/mol. The van der Waals surface area contributed by atoms with Gasteiger partial charge in [-0.3, -0.25) is 9.78 Å². The molecule has 3 rings (SSSR count). The van der Waals surface area contributed by atoms with E-state index in [1.807, 2.05) is 42.6 Å².